The van der Waals surface area contributed by atoms with Crippen molar-refractivity contribution >= 4 is 0 Å². The Morgan fingerprint density at radius 1 is 1.46 bits per heavy atom. The minimum Gasteiger partial charge on any atom is -0.375 e. The fraction of sp³-hybridized carbons (Fsp3) is 0.455. The smallest absolute Gasteiger partial charge is 0.139 e. The van der Waals surface area contributed by atoms with Gasteiger partial charge in [0.15, 0.2) is 0 Å². The minimum atomic E-state index is -0.177. The standard InChI is InChI=1S/C11H13O2/c1-2-13-11(8-12-9-11)10-6-4-3-5-7-10/h4-7H,2,8-9H2,1H3. The molecule has 2 heteroatoms. The van der Waals surface area contributed by atoms with Gasteiger partial charge in [0.2, 0.25) is 0 Å². The lowest BCUT2D eigenvalue weighted by atomic mass is 9.92. The van der Waals surface area contributed by atoms with Crippen LogP contribution in [0, 0.1) is 6.07 Å². The summed E-state index contributed by atoms with van der Waals surface area (Å²) in [5.74, 6) is 0. The van der Waals surface area contributed by atoms with Crippen molar-refractivity contribution in [2.24, 2.45) is 0 Å². The van der Waals surface area contributed by atoms with Crippen LogP contribution in [0.2, 0.25) is 0 Å². The third kappa shape index (κ3) is 1.47. The zero-order valence-corrected chi connectivity index (χ0v) is 7.75. The van der Waals surface area contributed by atoms with Gasteiger partial charge in [-0.15, -0.1) is 0 Å². The number of hydrogen-bond donors (Lipinski definition) is 0. The molecule has 1 saturated heterocycles. The number of benzene rings is 1. The molecule has 1 radical (unpaired) electrons. The largest absolute Gasteiger partial charge is 0.375 e. The summed E-state index contributed by atoms with van der Waals surface area (Å²) in [6.07, 6.45) is 0. The summed E-state index contributed by atoms with van der Waals surface area (Å²) in [5.41, 5.74) is 1.02. The fourth-order valence-corrected chi connectivity index (χ4v) is 1.59. The normalized spacial score (nSPS) is 19.5. The molecule has 69 valence electrons. The van der Waals surface area contributed by atoms with E-state index < -0.39 is 0 Å². The molecule has 0 saturated carbocycles. The van der Waals surface area contributed by atoms with Crippen molar-refractivity contribution in [3.8, 4) is 0 Å². The molecule has 1 aromatic carbocycles. The maximum absolute atomic E-state index is 5.71. The summed E-state index contributed by atoms with van der Waals surface area (Å²) in [7, 11) is 0. The predicted molar refractivity (Wildman–Crippen MR) is 49.4 cm³/mol. The molecule has 0 N–H and O–H groups in total. The molecular formula is C11H13O2. The average Bonchev–Trinajstić information content (AvgIpc) is 2.13. The van der Waals surface area contributed by atoms with Crippen LogP contribution in [-0.4, -0.2) is 19.8 Å². The zero-order chi connectivity index (χ0) is 9.15. The molecular weight excluding hydrogens is 164 g/mol. The van der Waals surface area contributed by atoms with E-state index in [4.69, 9.17) is 9.47 Å². The maximum atomic E-state index is 5.71. The Morgan fingerprint density at radius 2 is 2.15 bits per heavy atom. The van der Waals surface area contributed by atoms with Gasteiger partial charge in [0.25, 0.3) is 0 Å². The van der Waals surface area contributed by atoms with E-state index >= 15 is 0 Å². The van der Waals surface area contributed by atoms with Crippen LogP contribution in [0.3, 0.4) is 0 Å². The van der Waals surface area contributed by atoms with E-state index in [1.165, 1.54) is 5.56 Å². The zero-order valence-electron chi connectivity index (χ0n) is 7.75. The Hall–Kier alpha value is -0.860. The molecule has 1 aliphatic heterocycles. The van der Waals surface area contributed by atoms with Crippen molar-refractivity contribution in [3.05, 3.63) is 35.9 Å². The van der Waals surface area contributed by atoms with E-state index in [0.29, 0.717) is 13.2 Å². The Balaban J connectivity index is 2.22. The van der Waals surface area contributed by atoms with Crippen molar-refractivity contribution in [2.75, 3.05) is 19.8 Å². The van der Waals surface area contributed by atoms with Gasteiger partial charge in [-0.3, -0.25) is 0 Å². The molecule has 13 heavy (non-hydrogen) atoms. The molecule has 0 spiro atoms. The van der Waals surface area contributed by atoms with Crippen LogP contribution in [0.4, 0.5) is 0 Å². The van der Waals surface area contributed by atoms with Crippen LogP contribution >= 0.6 is 0 Å². The molecule has 2 rings (SSSR count). The van der Waals surface area contributed by atoms with E-state index in [2.05, 4.69) is 6.07 Å². The van der Waals surface area contributed by atoms with Gasteiger partial charge >= 0.3 is 0 Å². The summed E-state index contributed by atoms with van der Waals surface area (Å²) in [5, 5.41) is 0. The second kappa shape index (κ2) is 3.48. The summed E-state index contributed by atoms with van der Waals surface area (Å²) >= 11 is 0. The third-order valence-electron chi connectivity index (χ3n) is 2.34. The van der Waals surface area contributed by atoms with Crippen molar-refractivity contribution < 1.29 is 9.47 Å². The van der Waals surface area contributed by atoms with Crippen LogP contribution in [0.5, 0.6) is 0 Å². The highest BCUT2D eigenvalue weighted by Crippen LogP contribution is 2.33. The summed E-state index contributed by atoms with van der Waals surface area (Å²) in [4.78, 5) is 0. The van der Waals surface area contributed by atoms with Gasteiger partial charge in [-0.25, -0.2) is 0 Å². The summed E-state index contributed by atoms with van der Waals surface area (Å²) < 4.78 is 10.9. The van der Waals surface area contributed by atoms with Crippen LogP contribution in [0.25, 0.3) is 0 Å². The lowest BCUT2D eigenvalue weighted by Gasteiger charge is -2.41. The van der Waals surface area contributed by atoms with Gasteiger partial charge < -0.3 is 9.47 Å². The molecule has 0 amide bonds. The fourth-order valence-electron chi connectivity index (χ4n) is 1.59. The highest BCUT2D eigenvalue weighted by molar-refractivity contribution is 5.24. The van der Waals surface area contributed by atoms with Crippen LogP contribution in [0.15, 0.2) is 24.3 Å². The first kappa shape index (κ1) is 8.73. The lowest BCUT2D eigenvalue weighted by molar-refractivity contribution is -0.214. The van der Waals surface area contributed by atoms with Crippen LogP contribution in [-0.2, 0) is 15.1 Å². The van der Waals surface area contributed by atoms with Crippen molar-refractivity contribution in [1.82, 2.24) is 0 Å². The lowest BCUT2D eigenvalue weighted by Crippen LogP contribution is -2.49. The average molecular weight is 177 g/mol. The molecule has 1 fully saturated rings. The molecule has 0 unspecified atom stereocenters. The first-order valence-corrected chi connectivity index (χ1v) is 4.56. The van der Waals surface area contributed by atoms with Gasteiger partial charge in [-0.2, -0.15) is 0 Å². The quantitative estimate of drug-likeness (QED) is 0.700. The molecule has 0 bridgehead atoms. The van der Waals surface area contributed by atoms with Gasteiger partial charge in [-0.1, -0.05) is 24.3 Å². The molecule has 0 atom stereocenters. The van der Waals surface area contributed by atoms with E-state index in [1.54, 1.807) is 0 Å². The van der Waals surface area contributed by atoms with E-state index in [-0.39, 0.29) is 5.60 Å². The van der Waals surface area contributed by atoms with Crippen molar-refractivity contribution in [1.29, 1.82) is 0 Å². The van der Waals surface area contributed by atoms with Gasteiger partial charge in [0, 0.05) is 6.61 Å². The summed E-state index contributed by atoms with van der Waals surface area (Å²) in [6, 6.07) is 10.9. The molecule has 1 aromatic rings. The van der Waals surface area contributed by atoms with Crippen molar-refractivity contribution in [3.63, 3.8) is 0 Å². The number of ether oxygens (including phenoxy) is 2. The van der Waals surface area contributed by atoms with E-state index in [0.717, 1.165) is 6.61 Å². The van der Waals surface area contributed by atoms with E-state index in [1.807, 2.05) is 31.2 Å². The Morgan fingerprint density at radius 3 is 2.62 bits per heavy atom. The molecule has 0 aromatic heterocycles. The molecule has 0 aliphatic carbocycles. The Labute approximate surface area is 78.5 Å². The second-order valence-electron chi connectivity index (χ2n) is 3.21. The maximum Gasteiger partial charge on any atom is 0.139 e. The highest BCUT2D eigenvalue weighted by atomic mass is 16.6. The van der Waals surface area contributed by atoms with Gasteiger partial charge in [-0.05, 0) is 18.6 Å². The third-order valence-corrected chi connectivity index (χ3v) is 2.34. The first-order valence-electron chi connectivity index (χ1n) is 4.56. The minimum absolute atomic E-state index is 0.177. The number of hydrogen-bond acceptors (Lipinski definition) is 2. The topological polar surface area (TPSA) is 18.5 Å². The van der Waals surface area contributed by atoms with Crippen LogP contribution < -0.4 is 0 Å². The highest BCUT2D eigenvalue weighted by Gasteiger charge is 2.40. The van der Waals surface area contributed by atoms with E-state index in [9.17, 15) is 0 Å². The monoisotopic (exact) mass is 177 g/mol. The predicted octanol–water partition coefficient (Wildman–Crippen LogP) is 1.75. The van der Waals surface area contributed by atoms with Crippen LogP contribution in [0.1, 0.15) is 12.5 Å². The second-order valence-corrected chi connectivity index (χ2v) is 3.21. The van der Waals surface area contributed by atoms with Crippen molar-refractivity contribution in [2.45, 2.75) is 12.5 Å². The summed E-state index contributed by atoms with van der Waals surface area (Å²) in [6.45, 7) is 4.08. The Bertz CT molecular complexity index is 265. The molecule has 2 nitrogen and oxygen atoms in total. The Kier molecular flexibility index (Phi) is 2.34. The molecule has 1 aliphatic rings. The number of rotatable bonds is 3. The van der Waals surface area contributed by atoms with Gasteiger partial charge in [0.1, 0.15) is 5.60 Å². The van der Waals surface area contributed by atoms with Gasteiger partial charge in [0.05, 0.1) is 13.2 Å². The molecule has 1 heterocycles. The first-order chi connectivity index (χ1) is 6.37. The SMILES string of the molecule is CCOC1(c2cc[c]cc2)COC1.